The van der Waals surface area contributed by atoms with Crippen molar-refractivity contribution in [2.75, 3.05) is 5.32 Å². The third-order valence-electron chi connectivity index (χ3n) is 4.79. The molecule has 3 N–H and O–H groups in total. The second-order valence-electron chi connectivity index (χ2n) is 6.59. The van der Waals surface area contributed by atoms with Gasteiger partial charge in [0.2, 0.25) is 6.41 Å². The Hall–Kier alpha value is -3.09. The molecule has 7 nitrogen and oxygen atoms in total. The van der Waals surface area contributed by atoms with Crippen molar-refractivity contribution in [3.05, 3.63) is 30.1 Å². The van der Waals surface area contributed by atoms with Gasteiger partial charge in [0, 0.05) is 11.9 Å². The first-order chi connectivity index (χ1) is 13.1. The molecule has 0 spiro atoms. The molecule has 0 aliphatic rings. The van der Waals surface area contributed by atoms with Crippen LogP contribution < -0.4 is 5.32 Å². The van der Waals surface area contributed by atoms with E-state index in [0.717, 1.165) is 43.3 Å². The quantitative estimate of drug-likeness (QED) is 0.394. The van der Waals surface area contributed by atoms with Crippen LogP contribution in [0.3, 0.4) is 0 Å². The zero-order valence-corrected chi connectivity index (χ0v) is 15.2. The minimum absolute atomic E-state index is 0.00577. The van der Waals surface area contributed by atoms with Crippen molar-refractivity contribution in [1.82, 2.24) is 9.55 Å². The number of hydrogen-bond donors (Lipinski definition) is 3. The molecule has 0 atom stereocenters. The van der Waals surface area contributed by atoms with Crippen LogP contribution in [0.2, 0.25) is 0 Å². The standard InChI is InChI=1S/C20H23N3O4/c1-2-3-4-5-8-23-14-7-6-13(9-17(26)27)20(22-12-24)19(14)18-15(23)10-21-11-16(18)25/h6-7,10-12,25H,2-5,8-9H2,1H3,(H,22,24)(H,26,27). The maximum atomic E-state index is 11.2. The molecule has 142 valence electrons. The number of nitrogens with one attached hydrogen (secondary N) is 1. The number of benzene rings is 1. The van der Waals surface area contributed by atoms with Gasteiger partial charge in [0.1, 0.15) is 5.75 Å². The zero-order valence-electron chi connectivity index (χ0n) is 15.2. The van der Waals surface area contributed by atoms with Crippen LogP contribution in [0.15, 0.2) is 24.5 Å². The number of aromatic nitrogens is 2. The molecule has 0 fully saturated rings. The number of hydrogen-bond acceptors (Lipinski definition) is 4. The number of unbranched alkanes of at least 4 members (excludes halogenated alkanes) is 3. The molecule has 0 saturated heterocycles. The predicted octanol–water partition coefficient (Wildman–Crippen LogP) is 3.67. The lowest BCUT2D eigenvalue weighted by Gasteiger charge is -2.11. The van der Waals surface area contributed by atoms with Crippen LogP contribution in [0.4, 0.5) is 5.69 Å². The highest BCUT2D eigenvalue weighted by Crippen LogP contribution is 2.40. The SMILES string of the molecule is CCCCCCn1c2cncc(O)c2c2c(NC=O)c(CC(=O)O)ccc21. The fourth-order valence-electron chi connectivity index (χ4n) is 3.61. The van der Waals surface area contributed by atoms with Crippen molar-refractivity contribution in [2.24, 2.45) is 0 Å². The molecule has 2 aromatic heterocycles. The van der Waals surface area contributed by atoms with Crippen molar-refractivity contribution in [3.63, 3.8) is 0 Å². The molecule has 0 unspecified atom stereocenters. The van der Waals surface area contributed by atoms with Crippen molar-refractivity contribution in [2.45, 2.75) is 45.6 Å². The number of amides is 1. The molecule has 0 aliphatic heterocycles. The van der Waals surface area contributed by atoms with E-state index in [9.17, 15) is 19.8 Å². The zero-order chi connectivity index (χ0) is 19.4. The Kier molecular flexibility index (Phi) is 5.59. The monoisotopic (exact) mass is 369 g/mol. The smallest absolute Gasteiger partial charge is 0.307 e. The fourth-order valence-corrected chi connectivity index (χ4v) is 3.61. The number of anilines is 1. The fraction of sp³-hybridized carbons (Fsp3) is 0.350. The molecule has 0 radical (unpaired) electrons. The van der Waals surface area contributed by atoms with E-state index < -0.39 is 5.97 Å². The molecule has 1 aromatic carbocycles. The third kappa shape index (κ3) is 3.58. The highest BCUT2D eigenvalue weighted by molar-refractivity contribution is 6.18. The molecule has 3 rings (SSSR count). The highest BCUT2D eigenvalue weighted by Gasteiger charge is 2.20. The van der Waals surface area contributed by atoms with Crippen LogP contribution in [0.1, 0.15) is 38.2 Å². The van der Waals surface area contributed by atoms with Gasteiger partial charge in [-0.15, -0.1) is 0 Å². The van der Waals surface area contributed by atoms with E-state index in [1.807, 2.05) is 6.07 Å². The first kappa shape index (κ1) is 18.7. The van der Waals surface area contributed by atoms with Gasteiger partial charge in [-0.05, 0) is 18.1 Å². The van der Waals surface area contributed by atoms with Crippen LogP contribution in [-0.2, 0) is 22.6 Å². The molecule has 0 bridgehead atoms. The number of aromatic hydroxyl groups is 1. The van der Waals surface area contributed by atoms with Crippen LogP contribution in [0.5, 0.6) is 5.75 Å². The third-order valence-corrected chi connectivity index (χ3v) is 4.79. The second kappa shape index (κ2) is 8.07. The summed E-state index contributed by atoms with van der Waals surface area (Å²) in [7, 11) is 0. The van der Waals surface area contributed by atoms with Gasteiger partial charge in [0.25, 0.3) is 0 Å². The average molecular weight is 369 g/mol. The summed E-state index contributed by atoms with van der Waals surface area (Å²) in [5.74, 6) is -0.983. The van der Waals surface area contributed by atoms with Gasteiger partial charge in [-0.25, -0.2) is 0 Å². The molecule has 0 saturated carbocycles. The van der Waals surface area contributed by atoms with Gasteiger partial charge in [-0.3, -0.25) is 14.6 Å². The minimum atomic E-state index is -0.988. The van der Waals surface area contributed by atoms with Crippen LogP contribution in [-0.4, -0.2) is 32.1 Å². The molecular formula is C20H23N3O4. The van der Waals surface area contributed by atoms with Crippen LogP contribution in [0, 0.1) is 0 Å². The Morgan fingerprint density at radius 2 is 2.00 bits per heavy atom. The van der Waals surface area contributed by atoms with Gasteiger partial charge in [0.15, 0.2) is 0 Å². The van der Waals surface area contributed by atoms with Crippen molar-refractivity contribution in [1.29, 1.82) is 0 Å². The number of carbonyl (C=O) groups is 2. The lowest BCUT2D eigenvalue weighted by molar-refractivity contribution is -0.136. The second-order valence-corrected chi connectivity index (χ2v) is 6.59. The Morgan fingerprint density at radius 1 is 1.19 bits per heavy atom. The van der Waals surface area contributed by atoms with Crippen LogP contribution >= 0.6 is 0 Å². The number of aryl methyl sites for hydroxylation is 1. The molecule has 1 amide bonds. The summed E-state index contributed by atoms with van der Waals surface area (Å²) in [6, 6.07) is 3.57. The van der Waals surface area contributed by atoms with E-state index in [0.29, 0.717) is 28.4 Å². The van der Waals surface area contributed by atoms with E-state index in [2.05, 4.69) is 21.8 Å². The summed E-state index contributed by atoms with van der Waals surface area (Å²) in [6.07, 6.45) is 7.73. The molecule has 27 heavy (non-hydrogen) atoms. The molecule has 7 heteroatoms. The van der Waals surface area contributed by atoms with Gasteiger partial charge in [-0.1, -0.05) is 32.3 Å². The number of rotatable bonds is 9. The average Bonchev–Trinajstić information content (AvgIpc) is 2.96. The van der Waals surface area contributed by atoms with Crippen molar-refractivity contribution < 1.29 is 19.8 Å². The number of carboxylic acid groups (broad SMARTS) is 1. The predicted molar refractivity (Wildman–Crippen MR) is 104 cm³/mol. The Morgan fingerprint density at radius 3 is 2.70 bits per heavy atom. The van der Waals surface area contributed by atoms with Gasteiger partial charge in [0.05, 0.1) is 40.9 Å². The largest absolute Gasteiger partial charge is 0.506 e. The van der Waals surface area contributed by atoms with E-state index in [-0.39, 0.29) is 12.2 Å². The van der Waals surface area contributed by atoms with E-state index in [4.69, 9.17) is 0 Å². The number of nitrogens with zero attached hydrogens (tertiary/aromatic N) is 2. The van der Waals surface area contributed by atoms with Gasteiger partial charge < -0.3 is 20.1 Å². The molecular weight excluding hydrogens is 346 g/mol. The van der Waals surface area contributed by atoms with E-state index in [1.165, 1.54) is 6.20 Å². The van der Waals surface area contributed by atoms with Gasteiger partial charge >= 0.3 is 5.97 Å². The summed E-state index contributed by atoms with van der Waals surface area (Å²) in [4.78, 5) is 26.5. The first-order valence-corrected chi connectivity index (χ1v) is 9.11. The van der Waals surface area contributed by atoms with Gasteiger partial charge in [-0.2, -0.15) is 0 Å². The summed E-state index contributed by atoms with van der Waals surface area (Å²) >= 11 is 0. The number of carboxylic acids is 1. The van der Waals surface area contributed by atoms with Crippen molar-refractivity contribution >= 4 is 39.9 Å². The summed E-state index contributed by atoms with van der Waals surface area (Å²) in [5.41, 5.74) is 2.51. The molecule has 2 heterocycles. The lowest BCUT2D eigenvalue weighted by atomic mass is 10.0. The maximum Gasteiger partial charge on any atom is 0.307 e. The number of carbonyl (C=O) groups excluding carboxylic acids is 1. The maximum absolute atomic E-state index is 11.2. The highest BCUT2D eigenvalue weighted by atomic mass is 16.4. The van der Waals surface area contributed by atoms with E-state index in [1.54, 1.807) is 12.3 Å². The number of fused-ring (bicyclic) bond motifs is 3. The molecule has 0 aliphatic carbocycles. The lowest BCUT2D eigenvalue weighted by Crippen LogP contribution is -2.06. The Balaban J connectivity index is 2.26. The Bertz CT molecular complexity index is 994. The molecule has 3 aromatic rings. The first-order valence-electron chi connectivity index (χ1n) is 9.11. The normalized spacial score (nSPS) is 11.1. The number of aliphatic carboxylic acids is 1. The summed E-state index contributed by atoms with van der Waals surface area (Å²) in [6.45, 7) is 2.91. The minimum Gasteiger partial charge on any atom is -0.506 e. The van der Waals surface area contributed by atoms with E-state index >= 15 is 0 Å². The van der Waals surface area contributed by atoms with Crippen molar-refractivity contribution in [3.8, 4) is 5.75 Å². The Labute approximate surface area is 156 Å². The number of pyridine rings is 1. The summed E-state index contributed by atoms with van der Waals surface area (Å²) < 4.78 is 2.08. The summed E-state index contributed by atoms with van der Waals surface area (Å²) in [5, 5.41) is 23.5. The van der Waals surface area contributed by atoms with Crippen LogP contribution in [0.25, 0.3) is 21.8 Å². The topological polar surface area (TPSA) is 104 Å².